The molecule has 0 radical (unpaired) electrons. The van der Waals surface area contributed by atoms with Gasteiger partial charge in [0.25, 0.3) is 0 Å². The Labute approximate surface area is 173 Å². The van der Waals surface area contributed by atoms with Crippen LogP contribution in [0.4, 0.5) is 26.3 Å². The van der Waals surface area contributed by atoms with Gasteiger partial charge in [0, 0.05) is 32.2 Å². The van der Waals surface area contributed by atoms with E-state index in [1.807, 2.05) is 11.8 Å². The molecule has 164 valence electrons. The molecule has 1 aliphatic rings. The van der Waals surface area contributed by atoms with Crippen molar-refractivity contribution in [3.8, 4) is 0 Å². The highest BCUT2D eigenvalue weighted by molar-refractivity contribution is 5.85. The molecule has 0 bridgehead atoms. The first-order valence-electron chi connectivity index (χ1n) is 8.87. The molecular formula is C18H26Cl2F6N2. The fraction of sp³-hybridized carbons (Fsp3) is 0.667. The molecule has 0 unspecified atom stereocenters. The van der Waals surface area contributed by atoms with Crippen molar-refractivity contribution >= 4 is 24.8 Å². The topological polar surface area (TPSA) is 15.3 Å². The average molecular weight is 455 g/mol. The summed E-state index contributed by atoms with van der Waals surface area (Å²) in [5, 5.41) is 3.16. The minimum atomic E-state index is -4.81. The van der Waals surface area contributed by atoms with Crippen LogP contribution in [-0.2, 0) is 12.4 Å². The molecule has 1 N–H and O–H groups in total. The Morgan fingerprint density at radius 2 is 1.39 bits per heavy atom. The zero-order valence-corrected chi connectivity index (χ0v) is 17.1. The SMILES string of the molecule is CCCCC[C@H](c1cc(C(F)(F)F)cc(C(F)(F)F)c1)N1CCNCC1.Cl.Cl. The monoisotopic (exact) mass is 454 g/mol. The smallest absolute Gasteiger partial charge is 0.314 e. The quantitative estimate of drug-likeness (QED) is 0.412. The van der Waals surface area contributed by atoms with Gasteiger partial charge in [-0.05, 0) is 30.2 Å². The van der Waals surface area contributed by atoms with Gasteiger partial charge in [0.05, 0.1) is 11.1 Å². The van der Waals surface area contributed by atoms with Crippen LogP contribution in [0.5, 0.6) is 0 Å². The maximum absolute atomic E-state index is 13.2. The molecule has 0 aliphatic carbocycles. The second-order valence-electron chi connectivity index (χ2n) is 6.64. The van der Waals surface area contributed by atoms with Crippen molar-refractivity contribution < 1.29 is 26.3 Å². The van der Waals surface area contributed by atoms with Crippen LogP contribution in [0.15, 0.2) is 18.2 Å². The van der Waals surface area contributed by atoms with E-state index in [4.69, 9.17) is 0 Å². The maximum Gasteiger partial charge on any atom is 0.416 e. The lowest BCUT2D eigenvalue weighted by Crippen LogP contribution is -2.45. The number of halogens is 8. The van der Waals surface area contributed by atoms with Crippen molar-refractivity contribution in [2.75, 3.05) is 26.2 Å². The molecule has 1 aromatic carbocycles. The minimum absolute atomic E-state index is 0. The number of hydrogen-bond donors (Lipinski definition) is 1. The lowest BCUT2D eigenvalue weighted by atomic mass is 9.94. The van der Waals surface area contributed by atoms with Crippen LogP contribution in [0.3, 0.4) is 0 Å². The molecule has 1 aliphatic heterocycles. The van der Waals surface area contributed by atoms with Crippen molar-refractivity contribution in [3.05, 3.63) is 34.9 Å². The molecular weight excluding hydrogens is 429 g/mol. The Morgan fingerprint density at radius 1 is 0.893 bits per heavy atom. The van der Waals surface area contributed by atoms with E-state index in [0.29, 0.717) is 32.6 Å². The van der Waals surface area contributed by atoms with Gasteiger partial charge in [-0.3, -0.25) is 4.90 Å². The van der Waals surface area contributed by atoms with E-state index in [1.165, 1.54) is 0 Å². The summed E-state index contributed by atoms with van der Waals surface area (Å²) in [6, 6.07) is 1.53. The van der Waals surface area contributed by atoms with Gasteiger partial charge in [-0.2, -0.15) is 26.3 Å². The summed E-state index contributed by atoms with van der Waals surface area (Å²) >= 11 is 0. The standard InChI is InChI=1S/C18H24F6N2.2ClH/c1-2-3-4-5-16(26-8-6-25-7-9-26)13-10-14(17(19,20)21)12-15(11-13)18(22,23)24;;/h10-12,16,25H,2-9H2,1H3;2*1H/t16-;;/m1../s1. The van der Waals surface area contributed by atoms with Crippen LogP contribution < -0.4 is 5.32 Å². The molecule has 1 fully saturated rings. The normalized spacial score (nSPS) is 16.8. The van der Waals surface area contributed by atoms with Gasteiger partial charge >= 0.3 is 12.4 Å². The summed E-state index contributed by atoms with van der Waals surface area (Å²) in [4.78, 5) is 1.99. The second-order valence-corrected chi connectivity index (χ2v) is 6.64. The van der Waals surface area contributed by atoms with E-state index in [0.717, 1.165) is 31.4 Å². The lowest BCUT2D eigenvalue weighted by molar-refractivity contribution is -0.143. The minimum Gasteiger partial charge on any atom is -0.314 e. The molecule has 0 saturated carbocycles. The predicted molar refractivity (Wildman–Crippen MR) is 102 cm³/mol. The number of nitrogens with one attached hydrogen (secondary N) is 1. The Kier molecular flexibility index (Phi) is 11.2. The summed E-state index contributed by atoms with van der Waals surface area (Å²) in [6.45, 7) is 4.57. The van der Waals surface area contributed by atoms with Crippen molar-refractivity contribution in [3.63, 3.8) is 0 Å². The number of alkyl halides is 6. The van der Waals surface area contributed by atoms with Gasteiger partial charge in [-0.15, -0.1) is 24.8 Å². The summed E-state index contributed by atoms with van der Waals surface area (Å²) in [7, 11) is 0. The number of benzene rings is 1. The van der Waals surface area contributed by atoms with Crippen LogP contribution in [0.2, 0.25) is 0 Å². The van der Waals surface area contributed by atoms with Gasteiger partial charge in [0.2, 0.25) is 0 Å². The van der Waals surface area contributed by atoms with Crippen LogP contribution in [-0.4, -0.2) is 31.1 Å². The molecule has 1 atom stereocenters. The highest BCUT2D eigenvalue weighted by atomic mass is 35.5. The van der Waals surface area contributed by atoms with E-state index in [2.05, 4.69) is 5.32 Å². The molecule has 0 spiro atoms. The van der Waals surface area contributed by atoms with Gasteiger partial charge in [-0.25, -0.2) is 0 Å². The fourth-order valence-electron chi connectivity index (χ4n) is 3.31. The maximum atomic E-state index is 13.2. The summed E-state index contributed by atoms with van der Waals surface area (Å²) in [5.41, 5.74) is -2.37. The predicted octanol–water partition coefficient (Wildman–Crippen LogP) is 6.09. The molecule has 28 heavy (non-hydrogen) atoms. The Hall–Kier alpha value is -0.700. The fourth-order valence-corrected chi connectivity index (χ4v) is 3.31. The summed E-state index contributed by atoms with van der Waals surface area (Å²) in [6.07, 6.45) is -6.48. The zero-order valence-electron chi connectivity index (χ0n) is 15.5. The average Bonchev–Trinajstić information content (AvgIpc) is 2.57. The Bertz CT molecular complexity index is 554. The number of rotatable bonds is 6. The lowest BCUT2D eigenvalue weighted by Gasteiger charge is -2.36. The van der Waals surface area contributed by atoms with Crippen molar-refractivity contribution in [1.82, 2.24) is 10.2 Å². The number of hydrogen-bond acceptors (Lipinski definition) is 2. The van der Waals surface area contributed by atoms with E-state index in [1.54, 1.807) is 0 Å². The third-order valence-electron chi connectivity index (χ3n) is 4.67. The van der Waals surface area contributed by atoms with E-state index < -0.39 is 29.5 Å². The molecule has 0 amide bonds. The first-order valence-corrected chi connectivity index (χ1v) is 8.87. The highest BCUT2D eigenvalue weighted by Gasteiger charge is 2.38. The molecule has 1 heterocycles. The van der Waals surface area contributed by atoms with Crippen LogP contribution >= 0.6 is 24.8 Å². The van der Waals surface area contributed by atoms with Crippen molar-refractivity contribution in [2.45, 2.75) is 51.0 Å². The Morgan fingerprint density at radius 3 is 1.82 bits per heavy atom. The third-order valence-corrected chi connectivity index (χ3v) is 4.67. The molecule has 0 aromatic heterocycles. The van der Waals surface area contributed by atoms with Crippen molar-refractivity contribution in [2.24, 2.45) is 0 Å². The third kappa shape index (κ3) is 7.61. The summed E-state index contributed by atoms with van der Waals surface area (Å²) in [5.74, 6) is 0. The Balaban J connectivity index is 0.00000364. The van der Waals surface area contributed by atoms with Gasteiger partial charge < -0.3 is 5.32 Å². The van der Waals surface area contributed by atoms with E-state index in [-0.39, 0.29) is 36.4 Å². The van der Waals surface area contributed by atoms with Crippen LogP contribution in [0.25, 0.3) is 0 Å². The molecule has 1 aromatic rings. The largest absolute Gasteiger partial charge is 0.416 e. The van der Waals surface area contributed by atoms with E-state index >= 15 is 0 Å². The first kappa shape index (κ1) is 27.3. The number of piperazine rings is 1. The second kappa shape index (κ2) is 11.5. The van der Waals surface area contributed by atoms with E-state index in [9.17, 15) is 26.3 Å². The van der Waals surface area contributed by atoms with Crippen LogP contribution in [0.1, 0.15) is 55.3 Å². The first-order chi connectivity index (χ1) is 12.1. The summed E-state index contributed by atoms with van der Waals surface area (Å²) < 4.78 is 78.9. The van der Waals surface area contributed by atoms with Crippen molar-refractivity contribution in [1.29, 1.82) is 0 Å². The molecule has 2 nitrogen and oxygen atoms in total. The molecule has 1 saturated heterocycles. The number of unbranched alkanes of at least 4 members (excludes halogenated alkanes) is 2. The number of nitrogens with zero attached hydrogens (tertiary/aromatic N) is 1. The van der Waals surface area contributed by atoms with Gasteiger partial charge in [0.15, 0.2) is 0 Å². The highest BCUT2D eigenvalue weighted by Crippen LogP contribution is 2.39. The molecule has 2 rings (SSSR count). The molecule has 10 heteroatoms. The zero-order chi connectivity index (χ0) is 19.4. The van der Waals surface area contributed by atoms with Gasteiger partial charge in [0.1, 0.15) is 0 Å². The van der Waals surface area contributed by atoms with Crippen LogP contribution in [0, 0.1) is 0 Å². The van der Waals surface area contributed by atoms with Gasteiger partial charge in [-0.1, -0.05) is 26.2 Å².